The molecule has 0 unspecified atom stereocenters. The van der Waals surface area contributed by atoms with Crippen molar-refractivity contribution in [3.05, 3.63) is 59.9 Å². The molecule has 28 heavy (non-hydrogen) atoms. The fourth-order valence-corrected chi connectivity index (χ4v) is 4.25. The summed E-state index contributed by atoms with van der Waals surface area (Å²) >= 11 is 0. The lowest BCUT2D eigenvalue weighted by molar-refractivity contribution is 0.0495. The van der Waals surface area contributed by atoms with Gasteiger partial charge >= 0.3 is 0 Å². The fraction of sp³-hybridized carbons (Fsp3) is 0.409. The largest absolute Gasteiger partial charge is 0.339 e. The number of likely N-dealkylation sites (tertiary alicyclic amines) is 1. The van der Waals surface area contributed by atoms with Crippen LogP contribution in [0.4, 0.5) is 5.69 Å². The van der Waals surface area contributed by atoms with Crippen LogP contribution in [0.25, 0.3) is 0 Å². The Labute approximate surface area is 165 Å². The molecule has 1 aromatic heterocycles. The second-order valence-corrected chi connectivity index (χ2v) is 7.82. The van der Waals surface area contributed by atoms with Crippen molar-refractivity contribution >= 4 is 17.5 Å². The molecule has 1 aromatic carbocycles. The maximum Gasteiger partial charge on any atom is 0.257 e. The summed E-state index contributed by atoms with van der Waals surface area (Å²) in [7, 11) is 0. The molecule has 2 aromatic rings. The van der Waals surface area contributed by atoms with Gasteiger partial charge in [-0.05, 0) is 74.5 Å². The van der Waals surface area contributed by atoms with Gasteiger partial charge in [0.05, 0.1) is 5.56 Å². The summed E-state index contributed by atoms with van der Waals surface area (Å²) in [6.45, 7) is 3.80. The second-order valence-electron chi connectivity index (χ2n) is 7.82. The van der Waals surface area contributed by atoms with Crippen LogP contribution in [0.5, 0.6) is 0 Å². The van der Waals surface area contributed by atoms with Gasteiger partial charge in [-0.3, -0.25) is 14.6 Å². The summed E-state index contributed by atoms with van der Waals surface area (Å²) in [4.78, 5) is 31.2. The molecular weight excluding hydrogens is 352 g/mol. The van der Waals surface area contributed by atoms with Crippen molar-refractivity contribution in [1.29, 1.82) is 0 Å². The molecule has 0 aliphatic carbocycles. The van der Waals surface area contributed by atoms with Crippen molar-refractivity contribution in [2.24, 2.45) is 5.41 Å². The first kappa shape index (κ1) is 18.6. The van der Waals surface area contributed by atoms with E-state index in [1.54, 1.807) is 30.5 Å². The number of nitrogens with one attached hydrogen (secondary N) is 2. The fourth-order valence-electron chi connectivity index (χ4n) is 4.25. The van der Waals surface area contributed by atoms with Crippen molar-refractivity contribution in [3.8, 4) is 0 Å². The van der Waals surface area contributed by atoms with E-state index >= 15 is 0 Å². The molecule has 3 heterocycles. The number of amides is 2. The number of benzene rings is 1. The average Bonchev–Trinajstić information content (AvgIpc) is 2.75. The minimum Gasteiger partial charge on any atom is -0.339 e. The number of carbonyl (C=O) groups excluding carboxylic acids is 2. The first-order valence-corrected chi connectivity index (χ1v) is 9.97. The van der Waals surface area contributed by atoms with Crippen LogP contribution in [0.1, 0.15) is 46.4 Å². The lowest BCUT2D eigenvalue weighted by Gasteiger charge is -2.44. The van der Waals surface area contributed by atoms with E-state index in [1.807, 2.05) is 17.0 Å². The first-order valence-electron chi connectivity index (χ1n) is 9.97. The molecule has 0 atom stereocenters. The van der Waals surface area contributed by atoms with Crippen LogP contribution in [-0.2, 0) is 0 Å². The molecule has 2 aliphatic rings. The van der Waals surface area contributed by atoms with Crippen LogP contribution >= 0.6 is 0 Å². The van der Waals surface area contributed by atoms with Gasteiger partial charge in [-0.1, -0.05) is 6.07 Å². The number of anilines is 1. The van der Waals surface area contributed by atoms with E-state index in [1.165, 1.54) is 19.0 Å². The van der Waals surface area contributed by atoms with Crippen LogP contribution in [0.15, 0.2) is 48.8 Å². The molecule has 0 saturated carbocycles. The van der Waals surface area contributed by atoms with Gasteiger partial charge < -0.3 is 15.5 Å². The molecule has 2 saturated heterocycles. The van der Waals surface area contributed by atoms with Crippen molar-refractivity contribution in [1.82, 2.24) is 15.2 Å². The van der Waals surface area contributed by atoms with Gasteiger partial charge in [-0.15, -0.1) is 0 Å². The minimum atomic E-state index is -0.233. The highest BCUT2D eigenvalue weighted by Crippen LogP contribution is 2.39. The molecule has 4 rings (SSSR count). The standard InChI is InChI=1S/C22H26N4O2/c27-20(18-4-2-10-24-16-18)25-19-5-1-3-17(15-19)21(28)26-13-8-22(9-14-26)6-11-23-12-7-22/h1-5,10,15-16,23H,6-9,11-14H2,(H,25,27). The zero-order valence-electron chi connectivity index (χ0n) is 16.0. The molecule has 2 aliphatic heterocycles. The van der Waals surface area contributed by atoms with Crippen molar-refractivity contribution in [2.45, 2.75) is 25.7 Å². The van der Waals surface area contributed by atoms with E-state index in [0.717, 1.165) is 39.0 Å². The number of piperidine rings is 2. The third-order valence-corrected chi connectivity index (χ3v) is 6.07. The Balaban J connectivity index is 1.40. The number of hydrogen-bond acceptors (Lipinski definition) is 4. The Morgan fingerprint density at radius 1 is 1.00 bits per heavy atom. The van der Waals surface area contributed by atoms with Gasteiger partial charge in [0.1, 0.15) is 0 Å². The number of hydrogen-bond donors (Lipinski definition) is 2. The van der Waals surface area contributed by atoms with Crippen LogP contribution in [0.3, 0.4) is 0 Å². The highest BCUT2D eigenvalue weighted by atomic mass is 16.2. The molecule has 2 fully saturated rings. The maximum absolute atomic E-state index is 13.0. The van der Waals surface area contributed by atoms with E-state index < -0.39 is 0 Å². The van der Waals surface area contributed by atoms with Crippen molar-refractivity contribution < 1.29 is 9.59 Å². The Kier molecular flexibility index (Phi) is 5.39. The molecule has 146 valence electrons. The molecule has 2 N–H and O–H groups in total. The summed E-state index contributed by atoms with van der Waals surface area (Å²) in [5, 5.41) is 6.28. The quantitative estimate of drug-likeness (QED) is 0.861. The van der Waals surface area contributed by atoms with Crippen LogP contribution < -0.4 is 10.6 Å². The molecule has 1 spiro atoms. The zero-order valence-corrected chi connectivity index (χ0v) is 16.0. The Morgan fingerprint density at radius 2 is 1.75 bits per heavy atom. The van der Waals surface area contributed by atoms with E-state index in [4.69, 9.17) is 0 Å². The molecule has 0 radical (unpaired) electrons. The predicted octanol–water partition coefficient (Wildman–Crippen LogP) is 2.94. The summed E-state index contributed by atoms with van der Waals surface area (Å²) in [6.07, 6.45) is 7.74. The highest BCUT2D eigenvalue weighted by Gasteiger charge is 2.36. The monoisotopic (exact) mass is 378 g/mol. The Bertz CT molecular complexity index is 837. The summed E-state index contributed by atoms with van der Waals surface area (Å²) in [5.41, 5.74) is 2.14. The highest BCUT2D eigenvalue weighted by molar-refractivity contribution is 6.04. The second kappa shape index (κ2) is 8.10. The summed E-state index contributed by atoms with van der Waals surface area (Å²) in [6, 6.07) is 10.6. The summed E-state index contributed by atoms with van der Waals surface area (Å²) < 4.78 is 0. The minimum absolute atomic E-state index is 0.0428. The van der Waals surface area contributed by atoms with E-state index in [-0.39, 0.29) is 11.8 Å². The normalized spacial score (nSPS) is 18.6. The van der Waals surface area contributed by atoms with Gasteiger partial charge in [0.15, 0.2) is 0 Å². The van der Waals surface area contributed by atoms with Gasteiger partial charge in [0.25, 0.3) is 11.8 Å². The van der Waals surface area contributed by atoms with Gasteiger partial charge in [-0.25, -0.2) is 0 Å². The van der Waals surface area contributed by atoms with Gasteiger partial charge in [0.2, 0.25) is 0 Å². The lowest BCUT2D eigenvalue weighted by atomic mass is 9.71. The maximum atomic E-state index is 13.0. The Morgan fingerprint density at radius 3 is 2.46 bits per heavy atom. The van der Waals surface area contributed by atoms with E-state index in [2.05, 4.69) is 15.6 Å². The average molecular weight is 378 g/mol. The number of nitrogens with zero attached hydrogens (tertiary/aromatic N) is 2. The van der Waals surface area contributed by atoms with Gasteiger partial charge in [0, 0.05) is 36.7 Å². The molecule has 2 amide bonds. The van der Waals surface area contributed by atoms with Crippen molar-refractivity contribution in [3.63, 3.8) is 0 Å². The van der Waals surface area contributed by atoms with Crippen LogP contribution in [0, 0.1) is 5.41 Å². The zero-order chi connectivity index (χ0) is 19.4. The first-order chi connectivity index (χ1) is 13.7. The van der Waals surface area contributed by atoms with E-state index in [9.17, 15) is 9.59 Å². The van der Waals surface area contributed by atoms with E-state index in [0.29, 0.717) is 22.2 Å². The third-order valence-electron chi connectivity index (χ3n) is 6.07. The summed E-state index contributed by atoms with van der Waals surface area (Å²) in [5.74, 6) is -0.190. The molecule has 6 heteroatoms. The third kappa shape index (κ3) is 4.07. The molecule has 6 nitrogen and oxygen atoms in total. The Hall–Kier alpha value is -2.73. The molecular formula is C22H26N4O2. The number of rotatable bonds is 3. The number of aromatic nitrogens is 1. The van der Waals surface area contributed by atoms with Crippen LogP contribution in [0.2, 0.25) is 0 Å². The lowest BCUT2D eigenvalue weighted by Crippen LogP contribution is -2.47. The predicted molar refractivity (Wildman–Crippen MR) is 108 cm³/mol. The smallest absolute Gasteiger partial charge is 0.257 e. The SMILES string of the molecule is O=C(Nc1cccc(C(=O)N2CCC3(CCNCC3)CC2)c1)c1cccnc1. The van der Waals surface area contributed by atoms with Crippen LogP contribution in [-0.4, -0.2) is 47.9 Å². The number of carbonyl (C=O) groups is 2. The topological polar surface area (TPSA) is 74.3 Å². The van der Waals surface area contributed by atoms with Crippen molar-refractivity contribution in [2.75, 3.05) is 31.5 Å². The van der Waals surface area contributed by atoms with Gasteiger partial charge in [-0.2, -0.15) is 0 Å². The number of pyridine rings is 1. The molecule has 0 bridgehead atoms.